The number of halogens is 1. The first kappa shape index (κ1) is 11.9. The molecule has 0 bridgehead atoms. The van der Waals surface area contributed by atoms with Gasteiger partial charge in [-0.05, 0) is 23.8 Å². The van der Waals surface area contributed by atoms with Gasteiger partial charge in [-0.25, -0.2) is 0 Å². The Morgan fingerprint density at radius 2 is 1.79 bits per heavy atom. The largest absolute Gasteiger partial charge is 0.382 e. The van der Waals surface area contributed by atoms with Crippen LogP contribution in [0.25, 0.3) is 22.4 Å². The van der Waals surface area contributed by atoms with Crippen LogP contribution in [0.2, 0.25) is 0 Å². The number of anilines is 1. The first-order valence-electron chi connectivity index (χ1n) is 5.76. The lowest BCUT2D eigenvalue weighted by atomic mass is 10.0. The Morgan fingerprint density at radius 3 is 2.53 bits per heavy atom. The van der Waals surface area contributed by atoms with Gasteiger partial charge in [0.2, 0.25) is 0 Å². The lowest BCUT2D eigenvalue weighted by molar-refractivity contribution is 1.10. The molecule has 0 fully saturated rings. The molecule has 2 heterocycles. The van der Waals surface area contributed by atoms with Crippen LogP contribution in [0.3, 0.4) is 0 Å². The smallest absolute Gasteiger partial charge is 0.153 e. The second-order valence-electron chi connectivity index (χ2n) is 4.07. The number of hydrogen-bond acceptors (Lipinski definition) is 3. The Morgan fingerprint density at radius 1 is 1.05 bits per heavy atom. The molecule has 0 spiro atoms. The standard InChI is InChI=1S/C14H11BrN4/c15-11-4-2-1-3-10(11)13-12(14(16)19-18-13)9-5-7-17-8-6-9/h1-8H,(H3,16,18,19). The van der Waals surface area contributed by atoms with Crippen LogP contribution >= 0.6 is 15.9 Å². The van der Waals surface area contributed by atoms with Crippen molar-refractivity contribution in [2.45, 2.75) is 0 Å². The van der Waals surface area contributed by atoms with E-state index < -0.39 is 0 Å². The molecular formula is C14H11BrN4. The molecule has 0 saturated heterocycles. The highest BCUT2D eigenvalue weighted by molar-refractivity contribution is 9.10. The fourth-order valence-electron chi connectivity index (χ4n) is 2.03. The average Bonchev–Trinajstić information content (AvgIpc) is 2.82. The summed E-state index contributed by atoms with van der Waals surface area (Å²) < 4.78 is 0.994. The highest BCUT2D eigenvalue weighted by atomic mass is 79.9. The third-order valence-electron chi connectivity index (χ3n) is 2.91. The average molecular weight is 315 g/mol. The second-order valence-corrected chi connectivity index (χ2v) is 4.93. The highest BCUT2D eigenvalue weighted by Gasteiger charge is 2.16. The second kappa shape index (κ2) is 4.85. The molecule has 3 aromatic rings. The van der Waals surface area contributed by atoms with Crippen LogP contribution in [-0.4, -0.2) is 15.2 Å². The summed E-state index contributed by atoms with van der Waals surface area (Å²) in [5.41, 5.74) is 9.80. The van der Waals surface area contributed by atoms with Gasteiger partial charge in [0.25, 0.3) is 0 Å². The molecule has 0 saturated carbocycles. The van der Waals surface area contributed by atoms with E-state index in [-0.39, 0.29) is 0 Å². The summed E-state index contributed by atoms with van der Waals surface area (Å²) in [7, 11) is 0. The molecular weight excluding hydrogens is 304 g/mol. The number of H-pyrrole nitrogens is 1. The summed E-state index contributed by atoms with van der Waals surface area (Å²) in [6, 6.07) is 11.8. The van der Waals surface area contributed by atoms with Gasteiger partial charge in [-0.3, -0.25) is 10.1 Å². The van der Waals surface area contributed by atoms with Crippen molar-refractivity contribution >= 4 is 21.7 Å². The van der Waals surface area contributed by atoms with Crippen molar-refractivity contribution in [2.75, 3.05) is 5.73 Å². The molecule has 19 heavy (non-hydrogen) atoms. The lowest BCUT2D eigenvalue weighted by Gasteiger charge is -2.06. The van der Waals surface area contributed by atoms with Crippen molar-refractivity contribution in [3.63, 3.8) is 0 Å². The third-order valence-corrected chi connectivity index (χ3v) is 3.60. The van der Waals surface area contributed by atoms with Crippen LogP contribution in [0.5, 0.6) is 0 Å². The van der Waals surface area contributed by atoms with Crippen molar-refractivity contribution in [3.05, 3.63) is 53.3 Å². The zero-order chi connectivity index (χ0) is 13.2. The maximum absolute atomic E-state index is 5.98. The SMILES string of the molecule is Nc1n[nH]c(-c2ccccc2Br)c1-c1ccncc1. The van der Waals surface area contributed by atoms with E-state index in [1.807, 2.05) is 36.4 Å². The number of pyridine rings is 1. The van der Waals surface area contributed by atoms with Crippen molar-refractivity contribution in [3.8, 4) is 22.4 Å². The minimum Gasteiger partial charge on any atom is -0.382 e. The summed E-state index contributed by atoms with van der Waals surface area (Å²) >= 11 is 3.55. The Kier molecular flexibility index (Phi) is 3.05. The molecule has 5 heteroatoms. The number of aromatic amines is 1. The number of nitrogens with one attached hydrogen (secondary N) is 1. The van der Waals surface area contributed by atoms with Gasteiger partial charge >= 0.3 is 0 Å². The van der Waals surface area contributed by atoms with Gasteiger partial charge in [0.05, 0.1) is 11.3 Å². The van der Waals surface area contributed by atoms with Crippen LogP contribution in [-0.2, 0) is 0 Å². The maximum Gasteiger partial charge on any atom is 0.153 e. The van der Waals surface area contributed by atoms with E-state index in [2.05, 4.69) is 31.1 Å². The zero-order valence-electron chi connectivity index (χ0n) is 9.97. The quantitative estimate of drug-likeness (QED) is 0.761. The normalized spacial score (nSPS) is 10.6. The van der Waals surface area contributed by atoms with E-state index in [1.165, 1.54) is 0 Å². The first-order valence-corrected chi connectivity index (χ1v) is 6.56. The molecule has 0 amide bonds. The third kappa shape index (κ3) is 2.13. The Labute approximate surface area is 118 Å². The van der Waals surface area contributed by atoms with E-state index in [4.69, 9.17) is 5.73 Å². The molecule has 0 atom stereocenters. The molecule has 0 aliphatic carbocycles. The lowest BCUT2D eigenvalue weighted by Crippen LogP contribution is -1.89. The van der Waals surface area contributed by atoms with Gasteiger partial charge in [-0.2, -0.15) is 5.10 Å². The molecule has 1 aromatic carbocycles. The summed E-state index contributed by atoms with van der Waals surface area (Å²) in [5, 5.41) is 7.13. The number of nitrogens with two attached hydrogens (primary N) is 1. The van der Waals surface area contributed by atoms with Crippen molar-refractivity contribution in [1.29, 1.82) is 0 Å². The molecule has 4 nitrogen and oxygen atoms in total. The van der Waals surface area contributed by atoms with E-state index in [0.717, 1.165) is 26.9 Å². The number of aromatic nitrogens is 3. The Hall–Kier alpha value is -2.14. The minimum absolute atomic E-state index is 0.483. The molecule has 2 aromatic heterocycles. The number of nitrogen functional groups attached to an aromatic ring is 1. The van der Waals surface area contributed by atoms with Gasteiger partial charge in [0.15, 0.2) is 5.82 Å². The summed E-state index contributed by atoms with van der Waals surface area (Å²) in [4.78, 5) is 4.02. The minimum atomic E-state index is 0.483. The fourth-order valence-corrected chi connectivity index (χ4v) is 2.51. The van der Waals surface area contributed by atoms with Gasteiger partial charge < -0.3 is 5.73 Å². The molecule has 0 radical (unpaired) electrons. The van der Waals surface area contributed by atoms with Gasteiger partial charge in [0, 0.05) is 22.4 Å². The molecule has 0 aliphatic heterocycles. The maximum atomic E-state index is 5.98. The summed E-state index contributed by atoms with van der Waals surface area (Å²) in [6.07, 6.45) is 3.48. The highest BCUT2D eigenvalue weighted by Crippen LogP contribution is 2.37. The predicted molar refractivity (Wildman–Crippen MR) is 79.4 cm³/mol. The number of benzene rings is 1. The molecule has 0 unspecified atom stereocenters. The van der Waals surface area contributed by atoms with Crippen molar-refractivity contribution in [1.82, 2.24) is 15.2 Å². The number of hydrogen-bond donors (Lipinski definition) is 2. The van der Waals surface area contributed by atoms with Gasteiger partial charge in [-0.1, -0.05) is 34.1 Å². The molecule has 3 N–H and O–H groups in total. The van der Waals surface area contributed by atoms with Gasteiger partial charge in [0.1, 0.15) is 0 Å². The van der Waals surface area contributed by atoms with Crippen LogP contribution in [0.15, 0.2) is 53.3 Å². The Balaban J connectivity index is 2.23. The van der Waals surface area contributed by atoms with E-state index >= 15 is 0 Å². The zero-order valence-corrected chi connectivity index (χ0v) is 11.6. The summed E-state index contributed by atoms with van der Waals surface area (Å²) in [5.74, 6) is 0.483. The van der Waals surface area contributed by atoms with Crippen LogP contribution in [0.1, 0.15) is 0 Å². The molecule has 3 rings (SSSR count). The van der Waals surface area contributed by atoms with Gasteiger partial charge in [-0.15, -0.1) is 0 Å². The van der Waals surface area contributed by atoms with Crippen molar-refractivity contribution < 1.29 is 0 Å². The predicted octanol–water partition coefficient (Wildman–Crippen LogP) is 3.48. The van der Waals surface area contributed by atoms with Crippen molar-refractivity contribution in [2.24, 2.45) is 0 Å². The van der Waals surface area contributed by atoms with Crippen LogP contribution in [0.4, 0.5) is 5.82 Å². The number of nitrogens with zero attached hydrogens (tertiary/aromatic N) is 2. The Bertz CT molecular complexity index is 706. The summed E-state index contributed by atoms with van der Waals surface area (Å²) in [6.45, 7) is 0. The molecule has 0 aliphatic rings. The van der Waals surface area contributed by atoms with Crippen LogP contribution in [0, 0.1) is 0 Å². The van der Waals surface area contributed by atoms with Crippen LogP contribution < -0.4 is 5.73 Å². The fraction of sp³-hybridized carbons (Fsp3) is 0. The number of rotatable bonds is 2. The van der Waals surface area contributed by atoms with E-state index in [1.54, 1.807) is 12.4 Å². The van der Waals surface area contributed by atoms with E-state index in [9.17, 15) is 0 Å². The monoisotopic (exact) mass is 314 g/mol. The van der Waals surface area contributed by atoms with E-state index in [0.29, 0.717) is 5.82 Å². The topological polar surface area (TPSA) is 67.6 Å². The molecule has 94 valence electrons. The first-order chi connectivity index (χ1) is 9.27.